The lowest BCUT2D eigenvalue weighted by molar-refractivity contribution is 0.177. The van der Waals surface area contributed by atoms with Gasteiger partial charge in [-0.25, -0.2) is 4.39 Å². The Morgan fingerprint density at radius 2 is 1.75 bits per heavy atom. The lowest BCUT2D eigenvalue weighted by Gasteiger charge is -2.35. The molecule has 0 atom stereocenters. The number of hydrogen-bond donors (Lipinski definition) is 0. The van der Waals surface area contributed by atoms with E-state index in [2.05, 4.69) is 32.7 Å². The first-order chi connectivity index (χ1) is 7.33. The fourth-order valence-corrected chi connectivity index (χ4v) is 2.77. The Hall–Kier alpha value is -0.855. The van der Waals surface area contributed by atoms with E-state index in [1.54, 1.807) is 6.20 Å². The molecular weight excluding hydrogens is 200 g/mol. The van der Waals surface area contributed by atoms with Gasteiger partial charge in [-0.2, -0.15) is 0 Å². The van der Waals surface area contributed by atoms with Crippen molar-refractivity contribution in [2.75, 3.05) is 0 Å². The van der Waals surface area contributed by atoms with Gasteiger partial charge in [-0.1, -0.05) is 40.3 Å². The summed E-state index contributed by atoms with van der Waals surface area (Å²) in [5.74, 6) is -0.103. The lowest BCUT2D eigenvalue weighted by atomic mass is 9.42. The molecular formula is C13H19BFN. The van der Waals surface area contributed by atoms with Crippen molar-refractivity contribution in [3.63, 3.8) is 0 Å². The quantitative estimate of drug-likeness (QED) is 0.661. The molecule has 2 heterocycles. The highest BCUT2D eigenvalue weighted by atomic mass is 19.1. The topological polar surface area (TPSA) is 12.9 Å². The SMILES string of the molecule is CC1(C)CB(c2cnccc2F)CC1(C)C. The van der Waals surface area contributed by atoms with Gasteiger partial charge in [-0.15, -0.1) is 0 Å². The monoisotopic (exact) mass is 219 g/mol. The summed E-state index contributed by atoms with van der Waals surface area (Å²) >= 11 is 0. The highest BCUT2D eigenvalue weighted by Gasteiger charge is 2.48. The molecule has 3 heteroatoms. The van der Waals surface area contributed by atoms with Crippen LogP contribution in [0.2, 0.25) is 12.6 Å². The minimum Gasteiger partial charge on any atom is -0.265 e. The first-order valence-corrected chi connectivity index (χ1v) is 5.93. The van der Waals surface area contributed by atoms with Crippen molar-refractivity contribution >= 4 is 12.2 Å². The zero-order valence-electron chi connectivity index (χ0n) is 10.5. The molecule has 0 aliphatic carbocycles. The largest absolute Gasteiger partial charge is 0.265 e. The summed E-state index contributed by atoms with van der Waals surface area (Å²) in [6.07, 6.45) is 5.30. The zero-order chi connectivity index (χ0) is 12.0. The number of halogens is 1. The Kier molecular flexibility index (Phi) is 2.60. The van der Waals surface area contributed by atoms with E-state index in [0.717, 1.165) is 18.1 Å². The third-order valence-electron chi connectivity index (χ3n) is 4.58. The van der Waals surface area contributed by atoms with Crippen molar-refractivity contribution in [1.29, 1.82) is 0 Å². The summed E-state index contributed by atoms with van der Waals surface area (Å²) in [7, 11) is 0. The molecule has 0 saturated carbocycles. The zero-order valence-corrected chi connectivity index (χ0v) is 10.5. The average Bonchev–Trinajstić information content (AvgIpc) is 2.36. The van der Waals surface area contributed by atoms with Crippen LogP contribution in [-0.2, 0) is 0 Å². The average molecular weight is 219 g/mol. The normalized spacial score (nSPS) is 22.4. The predicted octanol–water partition coefficient (Wildman–Crippen LogP) is 2.99. The van der Waals surface area contributed by atoms with E-state index in [9.17, 15) is 4.39 Å². The fraction of sp³-hybridized carbons (Fsp3) is 0.615. The van der Waals surface area contributed by atoms with Crippen LogP contribution in [0, 0.1) is 16.6 Å². The van der Waals surface area contributed by atoms with Crippen LogP contribution in [0.4, 0.5) is 4.39 Å². The predicted molar refractivity (Wildman–Crippen MR) is 66.8 cm³/mol. The molecule has 1 saturated heterocycles. The molecule has 86 valence electrons. The Morgan fingerprint density at radius 3 is 2.25 bits per heavy atom. The molecule has 0 unspecified atom stereocenters. The minimum atomic E-state index is -0.103. The van der Waals surface area contributed by atoms with Crippen molar-refractivity contribution < 1.29 is 4.39 Å². The molecule has 0 N–H and O–H groups in total. The standard InChI is InChI=1S/C13H19BFN/c1-12(2)8-14(9-13(12,3)4)10-7-16-6-5-11(10)15/h5-7H,8-9H2,1-4H3. The molecule has 1 fully saturated rings. The Labute approximate surface area is 97.6 Å². The van der Waals surface area contributed by atoms with Gasteiger partial charge in [0.2, 0.25) is 0 Å². The maximum Gasteiger partial charge on any atom is 0.182 e. The van der Waals surface area contributed by atoms with E-state index >= 15 is 0 Å². The van der Waals surface area contributed by atoms with Crippen molar-refractivity contribution in [2.45, 2.75) is 40.3 Å². The van der Waals surface area contributed by atoms with E-state index < -0.39 is 0 Å². The summed E-state index contributed by atoms with van der Waals surface area (Å²) in [5, 5.41) is 0. The molecule has 0 amide bonds. The minimum absolute atomic E-state index is 0.103. The van der Waals surface area contributed by atoms with Crippen molar-refractivity contribution in [3.05, 3.63) is 24.3 Å². The highest BCUT2D eigenvalue weighted by molar-refractivity contribution is 6.74. The van der Waals surface area contributed by atoms with Gasteiger partial charge in [-0.05, 0) is 22.4 Å². The van der Waals surface area contributed by atoms with Gasteiger partial charge in [0.25, 0.3) is 0 Å². The number of hydrogen-bond acceptors (Lipinski definition) is 1. The second-order valence-corrected chi connectivity index (χ2v) is 6.27. The summed E-state index contributed by atoms with van der Waals surface area (Å²) in [6.45, 7) is 9.43. The van der Waals surface area contributed by atoms with Gasteiger partial charge in [0.1, 0.15) is 5.82 Å². The van der Waals surface area contributed by atoms with Crippen LogP contribution in [-0.4, -0.2) is 11.7 Å². The Morgan fingerprint density at radius 1 is 1.19 bits per heavy atom. The number of pyridine rings is 1. The molecule has 1 aliphatic heterocycles. The molecule has 0 radical (unpaired) electrons. The highest BCUT2D eigenvalue weighted by Crippen LogP contribution is 2.52. The Bertz CT molecular complexity index is 385. The van der Waals surface area contributed by atoms with Crippen LogP contribution in [0.15, 0.2) is 18.5 Å². The molecule has 1 aliphatic rings. The summed E-state index contributed by atoms with van der Waals surface area (Å²) in [6, 6.07) is 1.47. The number of aromatic nitrogens is 1. The summed E-state index contributed by atoms with van der Waals surface area (Å²) < 4.78 is 13.7. The number of nitrogens with zero attached hydrogens (tertiary/aromatic N) is 1. The third kappa shape index (κ3) is 1.76. The van der Waals surface area contributed by atoms with Crippen molar-refractivity contribution in [2.24, 2.45) is 10.8 Å². The van der Waals surface area contributed by atoms with Gasteiger partial charge < -0.3 is 0 Å². The summed E-state index contributed by atoms with van der Waals surface area (Å²) in [4.78, 5) is 4.05. The van der Waals surface area contributed by atoms with Crippen LogP contribution in [0.5, 0.6) is 0 Å². The second kappa shape index (κ2) is 3.58. The first-order valence-electron chi connectivity index (χ1n) is 5.93. The fourth-order valence-electron chi connectivity index (χ4n) is 2.77. The maximum absolute atomic E-state index is 13.7. The molecule has 0 aromatic carbocycles. The van der Waals surface area contributed by atoms with Crippen molar-refractivity contribution in [3.8, 4) is 0 Å². The van der Waals surface area contributed by atoms with Gasteiger partial charge in [0.05, 0.1) is 0 Å². The van der Waals surface area contributed by atoms with Crippen LogP contribution in [0.25, 0.3) is 0 Å². The number of rotatable bonds is 1. The van der Waals surface area contributed by atoms with Gasteiger partial charge in [0, 0.05) is 12.4 Å². The van der Waals surface area contributed by atoms with E-state index in [1.807, 2.05) is 0 Å². The van der Waals surface area contributed by atoms with E-state index in [0.29, 0.717) is 6.71 Å². The molecule has 1 nitrogen and oxygen atoms in total. The van der Waals surface area contributed by atoms with Gasteiger partial charge >= 0.3 is 0 Å². The molecule has 0 bridgehead atoms. The van der Waals surface area contributed by atoms with Crippen LogP contribution in [0.1, 0.15) is 27.7 Å². The molecule has 2 rings (SSSR count). The van der Waals surface area contributed by atoms with Crippen LogP contribution in [0.3, 0.4) is 0 Å². The van der Waals surface area contributed by atoms with Crippen molar-refractivity contribution in [1.82, 2.24) is 4.98 Å². The second-order valence-electron chi connectivity index (χ2n) is 6.27. The van der Waals surface area contributed by atoms with Crippen LogP contribution >= 0.6 is 0 Å². The molecule has 0 spiro atoms. The Balaban J connectivity index is 2.31. The lowest BCUT2D eigenvalue weighted by Crippen LogP contribution is -2.31. The molecule has 1 aromatic rings. The van der Waals surface area contributed by atoms with E-state index in [4.69, 9.17) is 0 Å². The molecule has 1 aromatic heterocycles. The summed E-state index contributed by atoms with van der Waals surface area (Å²) in [5.41, 5.74) is 1.32. The van der Waals surface area contributed by atoms with Crippen LogP contribution < -0.4 is 5.46 Å². The molecule has 16 heavy (non-hydrogen) atoms. The van der Waals surface area contributed by atoms with E-state index in [-0.39, 0.29) is 16.6 Å². The maximum atomic E-state index is 13.7. The first kappa shape index (κ1) is 11.6. The van der Waals surface area contributed by atoms with E-state index in [1.165, 1.54) is 12.3 Å². The third-order valence-corrected chi connectivity index (χ3v) is 4.58. The van der Waals surface area contributed by atoms with Gasteiger partial charge in [-0.3, -0.25) is 4.98 Å². The smallest absolute Gasteiger partial charge is 0.182 e. The van der Waals surface area contributed by atoms with Gasteiger partial charge in [0.15, 0.2) is 6.71 Å².